The van der Waals surface area contributed by atoms with Gasteiger partial charge in [-0.15, -0.1) is 11.8 Å². The molecule has 1 aliphatic heterocycles. The summed E-state index contributed by atoms with van der Waals surface area (Å²) >= 11 is 1.47. The normalized spacial score (nSPS) is 17.0. The lowest BCUT2D eigenvalue weighted by molar-refractivity contribution is -0.144. The Morgan fingerprint density at radius 2 is 1.90 bits per heavy atom. The molecule has 0 aromatic heterocycles. The number of ether oxygens (including phenoxy) is 1. The van der Waals surface area contributed by atoms with Crippen LogP contribution < -0.4 is 16.0 Å². The number of thioether (sulfide) groups is 1. The maximum atomic E-state index is 13.2. The highest BCUT2D eigenvalue weighted by Crippen LogP contribution is 2.34. The Kier molecular flexibility index (Phi) is 10.8. The van der Waals surface area contributed by atoms with Crippen LogP contribution in [0, 0.1) is 0 Å². The number of methoxy groups -OCH3 is 1. The zero-order chi connectivity index (χ0) is 22.6. The first-order chi connectivity index (χ1) is 15.0. The van der Waals surface area contributed by atoms with Crippen LogP contribution in [0.3, 0.4) is 0 Å². The molecule has 4 N–H and O–H groups in total. The number of hydrogen-bond acceptors (Lipinski definition) is 7. The number of nitrogens with one attached hydrogen (secondary N) is 1. The lowest BCUT2D eigenvalue weighted by Gasteiger charge is -2.26. The fourth-order valence-corrected chi connectivity index (χ4v) is 4.71. The number of para-hydroxylation sites is 1. The van der Waals surface area contributed by atoms with Gasteiger partial charge in [-0.1, -0.05) is 44.2 Å². The molecule has 0 saturated carbocycles. The number of amides is 1. The Labute approximate surface area is 187 Å². The third-order valence-corrected chi connectivity index (χ3v) is 6.41. The molecule has 0 aliphatic carbocycles. The first-order valence-electron chi connectivity index (χ1n) is 10.8. The van der Waals surface area contributed by atoms with E-state index in [1.54, 1.807) is 12.1 Å². The molecule has 1 aromatic rings. The number of hydrogen-bond donors (Lipinski definition) is 3. The van der Waals surface area contributed by atoms with Crippen LogP contribution in [-0.2, 0) is 19.1 Å². The van der Waals surface area contributed by atoms with E-state index in [2.05, 4.69) is 5.32 Å². The Morgan fingerprint density at radius 1 is 1.23 bits per heavy atom. The van der Waals surface area contributed by atoms with E-state index in [1.165, 1.54) is 23.8 Å². The van der Waals surface area contributed by atoms with E-state index in [4.69, 9.17) is 10.5 Å². The van der Waals surface area contributed by atoms with E-state index >= 15 is 0 Å². The van der Waals surface area contributed by atoms with Gasteiger partial charge in [0.1, 0.15) is 12.6 Å². The highest BCUT2D eigenvalue weighted by molar-refractivity contribution is 7.99. The first kappa shape index (κ1) is 25.2. The van der Waals surface area contributed by atoms with E-state index in [9.17, 15) is 19.5 Å². The minimum absolute atomic E-state index is 0.351. The molecule has 2 atom stereocenters. The molecule has 0 saturated heterocycles. The molecule has 0 fully saturated rings. The number of anilines is 1. The van der Waals surface area contributed by atoms with Crippen LogP contribution in [-0.4, -0.2) is 61.0 Å². The van der Waals surface area contributed by atoms with E-state index in [-0.39, 0.29) is 5.91 Å². The number of aliphatic carboxylic acids is 1. The van der Waals surface area contributed by atoms with E-state index in [0.29, 0.717) is 24.4 Å². The summed E-state index contributed by atoms with van der Waals surface area (Å²) in [5.41, 5.74) is 6.09. The van der Waals surface area contributed by atoms with Crippen LogP contribution in [0.4, 0.5) is 5.69 Å². The van der Waals surface area contributed by atoms with Crippen molar-refractivity contribution in [3.05, 3.63) is 24.3 Å². The van der Waals surface area contributed by atoms with E-state index in [0.717, 1.165) is 43.4 Å². The van der Waals surface area contributed by atoms with Crippen LogP contribution >= 0.6 is 11.8 Å². The highest BCUT2D eigenvalue weighted by Gasteiger charge is 2.34. The molecule has 9 heteroatoms. The van der Waals surface area contributed by atoms with Crippen LogP contribution in [0.15, 0.2) is 29.2 Å². The first-order valence-corrected chi connectivity index (χ1v) is 11.8. The summed E-state index contributed by atoms with van der Waals surface area (Å²) in [6, 6.07) is 5.94. The summed E-state index contributed by atoms with van der Waals surface area (Å²) in [5.74, 6) is -1.45. The zero-order valence-corrected chi connectivity index (χ0v) is 18.9. The van der Waals surface area contributed by atoms with Crippen molar-refractivity contribution in [1.29, 1.82) is 0 Å². The van der Waals surface area contributed by atoms with Gasteiger partial charge in [-0.2, -0.15) is 0 Å². The number of esters is 1. The number of rotatable bonds is 13. The third kappa shape index (κ3) is 7.83. The van der Waals surface area contributed by atoms with Gasteiger partial charge in [0.15, 0.2) is 0 Å². The predicted molar refractivity (Wildman–Crippen MR) is 121 cm³/mol. The van der Waals surface area contributed by atoms with Crippen molar-refractivity contribution in [2.75, 3.05) is 30.9 Å². The molecule has 1 aromatic carbocycles. The second-order valence-corrected chi connectivity index (χ2v) is 8.65. The van der Waals surface area contributed by atoms with Crippen molar-refractivity contribution in [3.8, 4) is 0 Å². The number of carboxylic acids is 1. The molecular formula is C22H33N3O5S. The fraction of sp³-hybridized carbons (Fsp3) is 0.591. The maximum Gasteiger partial charge on any atom is 0.323 e. The lowest BCUT2D eigenvalue weighted by Crippen LogP contribution is -2.54. The molecule has 0 bridgehead atoms. The summed E-state index contributed by atoms with van der Waals surface area (Å²) in [6.07, 6.45) is 6.73. The van der Waals surface area contributed by atoms with Crippen molar-refractivity contribution in [3.63, 3.8) is 0 Å². The predicted octanol–water partition coefficient (Wildman–Crippen LogP) is 2.40. The van der Waals surface area contributed by atoms with Crippen LogP contribution in [0.5, 0.6) is 0 Å². The summed E-state index contributed by atoms with van der Waals surface area (Å²) in [4.78, 5) is 39.0. The summed E-state index contributed by atoms with van der Waals surface area (Å²) in [7, 11) is 1.33. The lowest BCUT2D eigenvalue weighted by atomic mass is 10.0. The highest BCUT2D eigenvalue weighted by atomic mass is 32.2. The summed E-state index contributed by atoms with van der Waals surface area (Å²) in [5, 5.41) is 12.5. The summed E-state index contributed by atoms with van der Waals surface area (Å²) in [6.45, 7) is 0.283. The quantitative estimate of drug-likeness (QED) is 0.309. The van der Waals surface area contributed by atoms with Crippen molar-refractivity contribution < 1.29 is 24.2 Å². The molecule has 0 unspecified atom stereocenters. The van der Waals surface area contributed by atoms with Gasteiger partial charge in [0.05, 0.1) is 18.8 Å². The monoisotopic (exact) mass is 451 g/mol. The second-order valence-electron chi connectivity index (χ2n) is 7.59. The topological polar surface area (TPSA) is 122 Å². The smallest absolute Gasteiger partial charge is 0.323 e. The van der Waals surface area contributed by atoms with Crippen molar-refractivity contribution in [2.24, 2.45) is 5.73 Å². The van der Waals surface area contributed by atoms with Crippen LogP contribution in [0.25, 0.3) is 0 Å². The van der Waals surface area contributed by atoms with Crippen molar-refractivity contribution in [2.45, 2.75) is 61.9 Å². The third-order valence-electron chi connectivity index (χ3n) is 5.25. The van der Waals surface area contributed by atoms with Crippen LogP contribution in [0.1, 0.15) is 44.9 Å². The SMILES string of the molecule is COC(=O)[C@H](CCCCCCCCN)N[C@H]1CSc2ccccc2N(CC(=O)O)C1=O. The Bertz CT molecular complexity index is 746. The molecule has 1 heterocycles. The molecule has 0 spiro atoms. The Balaban J connectivity index is 2.03. The van der Waals surface area contributed by atoms with Crippen LogP contribution in [0.2, 0.25) is 0 Å². The number of benzene rings is 1. The standard InChI is InChI=1S/C22H33N3O5S/c1-30-22(29)16(10-6-4-2-3-5-9-13-23)24-17-15-31-19-12-8-7-11-18(19)25(21(17)28)14-20(26)27/h7-8,11-12,16-17,24H,2-6,9-10,13-15,23H2,1H3,(H,26,27)/t16-,17-/m0/s1. The molecule has 31 heavy (non-hydrogen) atoms. The minimum Gasteiger partial charge on any atom is -0.480 e. The molecule has 0 radical (unpaired) electrons. The molecule has 8 nitrogen and oxygen atoms in total. The number of nitrogens with two attached hydrogens (primary N) is 1. The number of carbonyl (C=O) groups is 3. The van der Waals surface area contributed by atoms with Gasteiger partial charge in [0, 0.05) is 10.6 Å². The van der Waals surface area contributed by atoms with Crippen molar-refractivity contribution in [1.82, 2.24) is 5.32 Å². The molecule has 1 aliphatic rings. The zero-order valence-electron chi connectivity index (χ0n) is 18.0. The van der Waals surface area contributed by atoms with Gasteiger partial charge in [0.2, 0.25) is 5.91 Å². The average Bonchev–Trinajstić information content (AvgIpc) is 2.89. The Morgan fingerprint density at radius 3 is 2.58 bits per heavy atom. The maximum absolute atomic E-state index is 13.2. The number of fused-ring (bicyclic) bond motifs is 1. The van der Waals surface area contributed by atoms with Gasteiger partial charge in [-0.3, -0.25) is 24.6 Å². The molecular weight excluding hydrogens is 418 g/mol. The van der Waals surface area contributed by atoms with Gasteiger partial charge < -0.3 is 15.6 Å². The van der Waals surface area contributed by atoms with Gasteiger partial charge >= 0.3 is 11.9 Å². The number of unbranched alkanes of at least 4 members (excludes halogenated alkanes) is 5. The largest absolute Gasteiger partial charge is 0.480 e. The second kappa shape index (κ2) is 13.3. The fourth-order valence-electron chi connectivity index (χ4n) is 3.63. The average molecular weight is 452 g/mol. The summed E-state index contributed by atoms with van der Waals surface area (Å²) < 4.78 is 4.94. The minimum atomic E-state index is -1.09. The molecule has 172 valence electrons. The van der Waals surface area contributed by atoms with Crippen molar-refractivity contribution >= 4 is 35.3 Å². The van der Waals surface area contributed by atoms with Gasteiger partial charge in [-0.05, 0) is 31.5 Å². The van der Waals surface area contributed by atoms with E-state index in [1.807, 2.05) is 12.1 Å². The number of carboxylic acid groups (broad SMARTS) is 1. The van der Waals surface area contributed by atoms with Gasteiger partial charge in [-0.25, -0.2) is 0 Å². The number of carbonyl (C=O) groups excluding carboxylic acids is 2. The molecule has 2 rings (SSSR count). The molecule has 1 amide bonds. The number of nitrogens with zero attached hydrogens (tertiary/aromatic N) is 1. The van der Waals surface area contributed by atoms with E-state index < -0.39 is 30.6 Å². The Hall–Kier alpha value is -2.10. The van der Waals surface area contributed by atoms with Gasteiger partial charge in [0.25, 0.3) is 0 Å².